The molecule has 0 amide bonds. The number of esters is 1. The van der Waals surface area contributed by atoms with E-state index in [0.717, 1.165) is 11.8 Å². The van der Waals surface area contributed by atoms with Crippen molar-refractivity contribution in [2.45, 2.75) is 38.7 Å². The molecule has 5 nitrogen and oxygen atoms in total. The Hall–Kier alpha value is -2.92. The van der Waals surface area contributed by atoms with Gasteiger partial charge in [-0.05, 0) is 36.1 Å². The average molecular weight is 377 g/mol. The molecular formula is C23H23NO4. The van der Waals surface area contributed by atoms with E-state index in [1.807, 2.05) is 44.2 Å². The minimum atomic E-state index is -0.648. The van der Waals surface area contributed by atoms with Crippen LogP contribution >= 0.6 is 0 Å². The lowest BCUT2D eigenvalue weighted by molar-refractivity contribution is -0.0501. The monoisotopic (exact) mass is 377 g/mol. The quantitative estimate of drug-likeness (QED) is 0.641. The topological polar surface area (TPSA) is 57.5 Å². The Morgan fingerprint density at radius 1 is 1.07 bits per heavy atom. The van der Waals surface area contributed by atoms with Crippen molar-refractivity contribution < 1.29 is 14.3 Å². The second kappa shape index (κ2) is 7.60. The van der Waals surface area contributed by atoms with Crippen molar-refractivity contribution in [2.24, 2.45) is 5.92 Å². The molecule has 1 saturated heterocycles. The molecule has 1 aromatic heterocycles. The van der Waals surface area contributed by atoms with Gasteiger partial charge in [0.2, 0.25) is 0 Å². The molecular weight excluding hydrogens is 354 g/mol. The van der Waals surface area contributed by atoms with Crippen molar-refractivity contribution in [3.05, 3.63) is 82.8 Å². The predicted molar refractivity (Wildman–Crippen MR) is 107 cm³/mol. The van der Waals surface area contributed by atoms with E-state index in [4.69, 9.17) is 9.47 Å². The molecule has 0 N–H and O–H groups in total. The molecule has 4 atom stereocenters. The van der Waals surface area contributed by atoms with E-state index in [0.29, 0.717) is 10.9 Å². The molecule has 0 bridgehead atoms. The number of nitrogens with zero attached hydrogens (tertiary/aromatic N) is 1. The number of hydrogen-bond acceptors (Lipinski definition) is 4. The number of aromatic nitrogens is 1. The van der Waals surface area contributed by atoms with E-state index in [-0.39, 0.29) is 17.6 Å². The lowest BCUT2D eigenvalue weighted by atomic mass is 9.98. The third-order valence-electron chi connectivity index (χ3n) is 5.47. The third-order valence-corrected chi connectivity index (χ3v) is 5.47. The second-order valence-electron chi connectivity index (χ2n) is 7.18. The van der Waals surface area contributed by atoms with E-state index >= 15 is 0 Å². The maximum atomic E-state index is 13.1. The van der Waals surface area contributed by atoms with Gasteiger partial charge in [-0.2, -0.15) is 0 Å². The smallest absolute Gasteiger partial charge is 0.338 e. The van der Waals surface area contributed by atoms with Crippen LogP contribution in [0.25, 0.3) is 10.8 Å². The minimum absolute atomic E-state index is 0.0268. The maximum Gasteiger partial charge on any atom is 0.338 e. The van der Waals surface area contributed by atoms with Gasteiger partial charge in [0, 0.05) is 17.5 Å². The summed E-state index contributed by atoms with van der Waals surface area (Å²) in [6.07, 6.45) is 1.22. The highest BCUT2D eigenvalue weighted by Gasteiger charge is 2.45. The van der Waals surface area contributed by atoms with Crippen LogP contribution in [0, 0.1) is 5.92 Å². The molecule has 2 heterocycles. The first-order valence-corrected chi connectivity index (χ1v) is 9.61. The van der Waals surface area contributed by atoms with Crippen LogP contribution < -0.4 is 5.56 Å². The average Bonchev–Trinajstić information content (AvgIpc) is 3.04. The van der Waals surface area contributed by atoms with Gasteiger partial charge in [-0.15, -0.1) is 0 Å². The number of fused-ring (bicyclic) bond motifs is 1. The van der Waals surface area contributed by atoms with Crippen LogP contribution in [0.5, 0.6) is 0 Å². The van der Waals surface area contributed by atoms with Gasteiger partial charge >= 0.3 is 5.97 Å². The first-order valence-electron chi connectivity index (χ1n) is 9.61. The number of pyridine rings is 1. The van der Waals surface area contributed by atoms with Gasteiger partial charge in [-0.25, -0.2) is 4.79 Å². The van der Waals surface area contributed by atoms with Gasteiger partial charge in [0.05, 0.1) is 11.7 Å². The standard InChI is InChI=1S/C23H23NO4/c1-3-19-15(2)20(28-23(26)17-10-5-4-6-11-17)22(27-19)24-14-13-16-9-7-8-12-18(16)21(24)25/h4-15,19-20,22H,3H2,1-2H3/t15?,19-,20+,22-/m1/s1. The Labute approximate surface area is 163 Å². The molecule has 0 aliphatic carbocycles. The highest BCUT2D eigenvalue weighted by molar-refractivity contribution is 5.89. The summed E-state index contributed by atoms with van der Waals surface area (Å²) in [5, 5.41) is 1.49. The molecule has 0 spiro atoms. The molecule has 1 aliphatic heterocycles. The number of carbonyl (C=O) groups excluding carboxylic acids is 1. The molecule has 2 aromatic carbocycles. The molecule has 0 saturated carbocycles. The van der Waals surface area contributed by atoms with Gasteiger partial charge in [0.1, 0.15) is 0 Å². The lowest BCUT2D eigenvalue weighted by Crippen LogP contribution is -2.34. The lowest BCUT2D eigenvalue weighted by Gasteiger charge is -2.23. The fourth-order valence-electron chi connectivity index (χ4n) is 3.88. The zero-order chi connectivity index (χ0) is 19.7. The second-order valence-corrected chi connectivity index (χ2v) is 7.18. The first kappa shape index (κ1) is 18.4. The zero-order valence-corrected chi connectivity index (χ0v) is 15.9. The highest BCUT2D eigenvalue weighted by atomic mass is 16.6. The van der Waals surface area contributed by atoms with E-state index in [2.05, 4.69) is 0 Å². The van der Waals surface area contributed by atoms with Crippen LogP contribution in [-0.2, 0) is 9.47 Å². The molecule has 3 aromatic rings. The predicted octanol–water partition coefficient (Wildman–Crippen LogP) is 4.17. The molecule has 0 radical (unpaired) electrons. The summed E-state index contributed by atoms with van der Waals surface area (Å²) in [6, 6.07) is 18.2. The van der Waals surface area contributed by atoms with E-state index < -0.39 is 18.3 Å². The summed E-state index contributed by atoms with van der Waals surface area (Å²) in [4.78, 5) is 25.7. The van der Waals surface area contributed by atoms with E-state index in [1.54, 1.807) is 41.1 Å². The fraction of sp³-hybridized carbons (Fsp3) is 0.304. The van der Waals surface area contributed by atoms with Gasteiger partial charge in [0.25, 0.3) is 5.56 Å². The number of hydrogen-bond donors (Lipinski definition) is 0. The molecule has 144 valence electrons. The molecule has 1 fully saturated rings. The summed E-state index contributed by atoms with van der Waals surface area (Å²) in [5.74, 6) is -0.433. The summed E-state index contributed by atoms with van der Waals surface area (Å²) < 4.78 is 13.6. The Bertz CT molecular complexity index is 1040. The summed E-state index contributed by atoms with van der Waals surface area (Å²) in [6.45, 7) is 4.03. The van der Waals surface area contributed by atoms with E-state index in [9.17, 15) is 9.59 Å². The van der Waals surface area contributed by atoms with Crippen molar-refractivity contribution in [1.29, 1.82) is 0 Å². The zero-order valence-electron chi connectivity index (χ0n) is 15.9. The Balaban J connectivity index is 1.71. The molecule has 4 rings (SSSR count). The number of benzene rings is 2. The highest BCUT2D eigenvalue weighted by Crippen LogP contribution is 2.37. The van der Waals surface area contributed by atoms with Gasteiger partial charge in [-0.3, -0.25) is 9.36 Å². The van der Waals surface area contributed by atoms with Gasteiger partial charge in [-0.1, -0.05) is 50.2 Å². The van der Waals surface area contributed by atoms with Crippen LogP contribution in [-0.4, -0.2) is 22.7 Å². The van der Waals surface area contributed by atoms with Crippen molar-refractivity contribution in [3.8, 4) is 0 Å². The van der Waals surface area contributed by atoms with Crippen LogP contribution in [0.2, 0.25) is 0 Å². The molecule has 1 aliphatic rings. The van der Waals surface area contributed by atoms with Crippen LogP contribution in [0.1, 0.15) is 36.9 Å². The largest absolute Gasteiger partial charge is 0.454 e. The van der Waals surface area contributed by atoms with E-state index in [1.165, 1.54) is 0 Å². The van der Waals surface area contributed by atoms with Crippen molar-refractivity contribution in [2.75, 3.05) is 0 Å². The molecule has 5 heteroatoms. The summed E-state index contributed by atoms with van der Waals surface area (Å²) in [7, 11) is 0. The number of rotatable bonds is 4. The van der Waals surface area contributed by atoms with Crippen molar-refractivity contribution in [1.82, 2.24) is 4.57 Å². The van der Waals surface area contributed by atoms with Crippen molar-refractivity contribution >= 4 is 16.7 Å². The number of ether oxygens (including phenoxy) is 2. The Morgan fingerprint density at radius 2 is 1.79 bits per heavy atom. The van der Waals surface area contributed by atoms with Crippen LogP contribution in [0.3, 0.4) is 0 Å². The Morgan fingerprint density at radius 3 is 2.54 bits per heavy atom. The first-order chi connectivity index (χ1) is 13.6. The summed E-state index contributed by atoms with van der Waals surface area (Å²) >= 11 is 0. The maximum absolute atomic E-state index is 13.1. The van der Waals surface area contributed by atoms with Gasteiger partial charge < -0.3 is 9.47 Å². The molecule has 28 heavy (non-hydrogen) atoms. The SMILES string of the molecule is CC[C@H]1O[C@@H](n2ccc3ccccc3c2=O)[C@@H](OC(=O)c2ccccc2)C1C. The van der Waals surface area contributed by atoms with Crippen LogP contribution in [0.4, 0.5) is 0 Å². The summed E-state index contributed by atoms with van der Waals surface area (Å²) in [5.41, 5.74) is 0.340. The van der Waals surface area contributed by atoms with Gasteiger partial charge in [0.15, 0.2) is 12.3 Å². The number of carbonyl (C=O) groups is 1. The van der Waals surface area contributed by atoms with Crippen molar-refractivity contribution in [3.63, 3.8) is 0 Å². The van der Waals surface area contributed by atoms with Crippen LogP contribution in [0.15, 0.2) is 71.7 Å². The molecule has 1 unspecified atom stereocenters. The Kier molecular flexibility index (Phi) is 5.01. The minimum Gasteiger partial charge on any atom is -0.454 e. The third kappa shape index (κ3) is 3.22. The fourth-order valence-corrected chi connectivity index (χ4v) is 3.88. The normalized spacial score (nSPS) is 24.4.